The molecule has 0 heterocycles. The van der Waals surface area contributed by atoms with E-state index in [1.807, 2.05) is 13.8 Å². The van der Waals surface area contributed by atoms with E-state index < -0.39 is 0 Å². The van der Waals surface area contributed by atoms with Gasteiger partial charge in [0.05, 0.1) is 6.54 Å². The maximum atomic E-state index is 10.6. The predicted molar refractivity (Wildman–Crippen MR) is 54.4 cm³/mol. The standard InChI is InChI=1S/C8H17NO.C2H6/c1-4-6-9(5-2)7-8(3)10;1-2/h4-7H2,1-3H3;1-2H3. The first-order valence-corrected chi connectivity index (χ1v) is 4.92. The quantitative estimate of drug-likeness (QED) is 0.636. The summed E-state index contributed by atoms with van der Waals surface area (Å²) in [5, 5.41) is 0. The molecule has 0 radical (unpaired) electrons. The molecular formula is C10H23NO. The summed E-state index contributed by atoms with van der Waals surface area (Å²) in [5.74, 6) is 0.260. The minimum atomic E-state index is 0.260. The third-order valence-corrected chi connectivity index (χ3v) is 1.43. The van der Waals surface area contributed by atoms with Crippen molar-refractivity contribution in [1.82, 2.24) is 4.90 Å². The number of hydrogen-bond acceptors (Lipinski definition) is 2. The van der Waals surface area contributed by atoms with Crippen LogP contribution in [0.3, 0.4) is 0 Å². The number of likely N-dealkylation sites (N-methyl/N-ethyl adjacent to an activating group) is 1. The first-order valence-electron chi connectivity index (χ1n) is 4.92. The number of Topliss-reactive ketones (excluding diaryl/α,β-unsaturated/α-hetero) is 1. The molecule has 0 amide bonds. The van der Waals surface area contributed by atoms with Crippen LogP contribution in [0.15, 0.2) is 0 Å². The Morgan fingerprint density at radius 2 is 1.75 bits per heavy atom. The number of hydrogen-bond donors (Lipinski definition) is 0. The van der Waals surface area contributed by atoms with E-state index in [9.17, 15) is 4.79 Å². The van der Waals surface area contributed by atoms with Crippen LogP contribution in [0.1, 0.15) is 41.0 Å². The average molecular weight is 173 g/mol. The van der Waals surface area contributed by atoms with Crippen molar-refractivity contribution in [2.75, 3.05) is 19.6 Å². The highest BCUT2D eigenvalue weighted by molar-refractivity contribution is 5.77. The van der Waals surface area contributed by atoms with E-state index in [-0.39, 0.29) is 5.78 Å². The molecule has 0 aromatic heterocycles. The average Bonchev–Trinajstić information content (AvgIpc) is 2.07. The van der Waals surface area contributed by atoms with Gasteiger partial charge >= 0.3 is 0 Å². The molecule has 0 N–H and O–H groups in total. The topological polar surface area (TPSA) is 20.3 Å². The Bertz CT molecular complexity index is 102. The molecule has 12 heavy (non-hydrogen) atoms. The van der Waals surface area contributed by atoms with E-state index in [0.29, 0.717) is 6.54 Å². The zero-order chi connectivity index (χ0) is 9.98. The smallest absolute Gasteiger partial charge is 0.143 e. The SMILES string of the molecule is CC.CCCN(CC)CC(C)=O. The molecule has 2 nitrogen and oxygen atoms in total. The van der Waals surface area contributed by atoms with Crippen molar-refractivity contribution < 1.29 is 4.79 Å². The Morgan fingerprint density at radius 3 is 2.00 bits per heavy atom. The summed E-state index contributed by atoms with van der Waals surface area (Å²) in [7, 11) is 0. The fourth-order valence-corrected chi connectivity index (χ4v) is 0.980. The van der Waals surface area contributed by atoms with Gasteiger partial charge in [0.2, 0.25) is 0 Å². The number of ketones is 1. The molecule has 74 valence electrons. The zero-order valence-corrected chi connectivity index (χ0v) is 9.18. The van der Waals surface area contributed by atoms with Crippen LogP contribution in [0.5, 0.6) is 0 Å². The van der Waals surface area contributed by atoms with E-state index in [0.717, 1.165) is 19.5 Å². The molecule has 0 fully saturated rings. The summed E-state index contributed by atoms with van der Waals surface area (Å²) in [5.41, 5.74) is 0. The van der Waals surface area contributed by atoms with E-state index in [1.54, 1.807) is 6.92 Å². The van der Waals surface area contributed by atoms with E-state index in [4.69, 9.17) is 0 Å². The van der Waals surface area contributed by atoms with Crippen LogP contribution in [-0.4, -0.2) is 30.3 Å². The maximum absolute atomic E-state index is 10.6. The summed E-state index contributed by atoms with van der Waals surface area (Å²) >= 11 is 0. The van der Waals surface area contributed by atoms with Gasteiger partial charge in [-0.2, -0.15) is 0 Å². The molecule has 0 saturated carbocycles. The highest BCUT2D eigenvalue weighted by Gasteiger charge is 2.01. The van der Waals surface area contributed by atoms with E-state index in [2.05, 4.69) is 18.7 Å². The van der Waals surface area contributed by atoms with Crippen molar-refractivity contribution in [2.45, 2.75) is 41.0 Å². The fourth-order valence-electron chi connectivity index (χ4n) is 0.980. The van der Waals surface area contributed by atoms with Crippen LogP contribution in [0.25, 0.3) is 0 Å². The second-order valence-corrected chi connectivity index (χ2v) is 2.57. The molecule has 0 aromatic rings. The van der Waals surface area contributed by atoms with Gasteiger partial charge in [0, 0.05) is 0 Å². The van der Waals surface area contributed by atoms with Crippen LogP contribution in [0, 0.1) is 0 Å². The highest BCUT2D eigenvalue weighted by atomic mass is 16.1. The number of carbonyl (C=O) groups is 1. The lowest BCUT2D eigenvalue weighted by Gasteiger charge is -2.16. The molecule has 2 heteroatoms. The van der Waals surface area contributed by atoms with Crippen LogP contribution in [0.4, 0.5) is 0 Å². The molecule has 0 aliphatic heterocycles. The number of rotatable bonds is 5. The Labute approximate surface area is 77.0 Å². The number of nitrogens with zero attached hydrogens (tertiary/aromatic N) is 1. The van der Waals surface area contributed by atoms with E-state index in [1.165, 1.54) is 0 Å². The second-order valence-electron chi connectivity index (χ2n) is 2.57. The lowest BCUT2D eigenvalue weighted by molar-refractivity contribution is -0.118. The Morgan fingerprint density at radius 1 is 1.25 bits per heavy atom. The second kappa shape index (κ2) is 10.6. The molecule has 0 unspecified atom stereocenters. The Kier molecular flexibility index (Phi) is 12.6. The van der Waals surface area contributed by atoms with Crippen molar-refractivity contribution in [1.29, 1.82) is 0 Å². The fraction of sp³-hybridized carbons (Fsp3) is 0.900. The van der Waals surface area contributed by atoms with Gasteiger partial charge in [-0.15, -0.1) is 0 Å². The van der Waals surface area contributed by atoms with Gasteiger partial charge in [-0.25, -0.2) is 0 Å². The summed E-state index contributed by atoms with van der Waals surface area (Å²) in [6.45, 7) is 12.5. The van der Waals surface area contributed by atoms with Gasteiger partial charge < -0.3 is 0 Å². The Balaban J connectivity index is 0. The molecule has 0 spiro atoms. The number of carbonyl (C=O) groups excluding carboxylic acids is 1. The molecule has 0 atom stereocenters. The van der Waals surface area contributed by atoms with Crippen LogP contribution in [-0.2, 0) is 4.79 Å². The summed E-state index contributed by atoms with van der Waals surface area (Å²) in [6, 6.07) is 0. The summed E-state index contributed by atoms with van der Waals surface area (Å²) in [6.07, 6.45) is 1.13. The van der Waals surface area contributed by atoms with Gasteiger partial charge in [-0.05, 0) is 26.4 Å². The molecular weight excluding hydrogens is 150 g/mol. The first kappa shape index (κ1) is 14.2. The third kappa shape index (κ3) is 9.63. The van der Waals surface area contributed by atoms with Crippen molar-refractivity contribution in [3.05, 3.63) is 0 Å². The summed E-state index contributed by atoms with van der Waals surface area (Å²) in [4.78, 5) is 12.8. The Hall–Kier alpha value is -0.370. The molecule has 0 aliphatic carbocycles. The molecule has 0 aliphatic rings. The van der Waals surface area contributed by atoms with Gasteiger partial charge in [-0.3, -0.25) is 9.69 Å². The van der Waals surface area contributed by atoms with Crippen LogP contribution < -0.4 is 0 Å². The molecule has 0 bridgehead atoms. The van der Waals surface area contributed by atoms with Crippen molar-refractivity contribution >= 4 is 5.78 Å². The van der Waals surface area contributed by atoms with Gasteiger partial charge in [-0.1, -0.05) is 27.7 Å². The van der Waals surface area contributed by atoms with Crippen LogP contribution in [0.2, 0.25) is 0 Å². The van der Waals surface area contributed by atoms with Crippen LogP contribution >= 0.6 is 0 Å². The minimum absolute atomic E-state index is 0.260. The van der Waals surface area contributed by atoms with E-state index >= 15 is 0 Å². The summed E-state index contributed by atoms with van der Waals surface area (Å²) < 4.78 is 0. The monoisotopic (exact) mass is 173 g/mol. The van der Waals surface area contributed by atoms with Gasteiger partial charge in [0.25, 0.3) is 0 Å². The normalized spacial score (nSPS) is 9.17. The predicted octanol–water partition coefficient (Wildman–Crippen LogP) is 2.33. The van der Waals surface area contributed by atoms with Crippen molar-refractivity contribution in [2.24, 2.45) is 0 Å². The van der Waals surface area contributed by atoms with Gasteiger partial charge in [0.15, 0.2) is 0 Å². The molecule has 0 aromatic carbocycles. The maximum Gasteiger partial charge on any atom is 0.143 e. The third-order valence-electron chi connectivity index (χ3n) is 1.43. The molecule has 0 rings (SSSR count). The van der Waals surface area contributed by atoms with Crippen molar-refractivity contribution in [3.8, 4) is 0 Å². The zero-order valence-electron chi connectivity index (χ0n) is 9.18. The molecule has 0 saturated heterocycles. The first-order chi connectivity index (χ1) is 5.70. The lowest BCUT2D eigenvalue weighted by atomic mass is 10.3. The lowest BCUT2D eigenvalue weighted by Crippen LogP contribution is -2.29. The van der Waals surface area contributed by atoms with Gasteiger partial charge in [0.1, 0.15) is 5.78 Å². The highest BCUT2D eigenvalue weighted by Crippen LogP contribution is 1.89. The van der Waals surface area contributed by atoms with Crippen molar-refractivity contribution in [3.63, 3.8) is 0 Å². The largest absolute Gasteiger partial charge is 0.299 e. The minimum Gasteiger partial charge on any atom is -0.299 e.